The van der Waals surface area contributed by atoms with E-state index in [1.807, 2.05) is 11.4 Å². The predicted molar refractivity (Wildman–Crippen MR) is 78.6 cm³/mol. The Labute approximate surface area is 122 Å². The minimum Gasteiger partial charge on any atom is -0.292 e. The average molecular weight is 310 g/mol. The summed E-state index contributed by atoms with van der Waals surface area (Å²) in [6.45, 7) is 0. The number of anilines is 1. The first-order valence-corrected chi connectivity index (χ1v) is 7.35. The molecule has 0 saturated carbocycles. The Balaban J connectivity index is 2.09. The number of pyridine rings is 1. The zero-order chi connectivity index (χ0) is 13.2. The second-order valence-corrected chi connectivity index (χ2v) is 5.81. The van der Waals surface area contributed by atoms with E-state index in [4.69, 9.17) is 17.4 Å². The third-order valence-corrected chi connectivity index (χ3v) is 4.58. The Bertz CT molecular complexity index is 730. The molecule has 0 fully saturated rings. The fourth-order valence-corrected chi connectivity index (χ4v) is 3.44. The number of nitrogens with zero attached hydrogens (tertiary/aromatic N) is 3. The van der Waals surface area contributed by atoms with Gasteiger partial charge in [-0.15, -0.1) is 11.3 Å². The first kappa shape index (κ1) is 12.6. The number of nitrogen functional groups attached to an aromatic ring is 1. The normalized spacial score (nSPS) is 10.8. The SMILES string of the molecule is NNc1nc(Sc2ncccc2Cl)c2ccsc2n1. The molecule has 3 N–H and O–H groups in total. The minimum atomic E-state index is 0.379. The van der Waals surface area contributed by atoms with Crippen molar-refractivity contribution >= 4 is 50.9 Å². The molecule has 96 valence electrons. The van der Waals surface area contributed by atoms with Gasteiger partial charge in [0.2, 0.25) is 5.95 Å². The van der Waals surface area contributed by atoms with Crippen molar-refractivity contribution in [2.75, 3.05) is 5.43 Å². The van der Waals surface area contributed by atoms with Crippen LogP contribution < -0.4 is 11.3 Å². The average Bonchev–Trinajstić information content (AvgIpc) is 2.89. The molecule has 0 bridgehead atoms. The lowest BCUT2D eigenvalue weighted by Crippen LogP contribution is -2.10. The molecule has 3 aromatic rings. The molecule has 0 amide bonds. The zero-order valence-corrected chi connectivity index (χ0v) is 11.9. The van der Waals surface area contributed by atoms with Crippen molar-refractivity contribution in [3.8, 4) is 0 Å². The molecule has 0 radical (unpaired) electrons. The van der Waals surface area contributed by atoms with E-state index in [-0.39, 0.29) is 0 Å². The fraction of sp³-hybridized carbons (Fsp3) is 0. The molecule has 0 atom stereocenters. The second kappa shape index (κ2) is 5.30. The van der Waals surface area contributed by atoms with Gasteiger partial charge in [-0.1, -0.05) is 11.6 Å². The Kier molecular flexibility index (Phi) is 3.52. The molecule has 0 aromatic carbocycles. The maximum atomic E-state index is 6.11. The zero-order valence-electron chi connectivity index (χ0n) is 9.50. The fourth-order valence-electron chi connectivity index (χ4n) is 1.51. The quantitative estimate of drug-likeness (QED) is 0.439. The topological polar surface area (TPSA) is 76.7 Å². The van der Waals surface area contributed by atoms with E-state index >= 15 is 0 Å². The van der Waals surface area contributed by atoms with Gasteiger partial charge < -0.3 is 0 Å². The van der Waals surface area contributed by atoms with Crippen LogP contribution in [0.5, 0.6) is 0 Å². The summed E-state index contributed by atoms with van der Waals surface area (Å²) in [5, 5.41) is 5.01. The molecule has 0 saturated heterocycles. The highest BCUT2D eigenvalue weighted by molar-refractivity contribution is 7.99. The van der Waals surface area contributed by atoms with E-state index in [1.54, 1.807) is 18.3 Å². The van der Waals surface area contributed by atoms with Crippen molar-refractivity contribution < 1.29 is 0 Å². The number of hydrazine groups is 1. The van der Waals surface area contributed by atoms with Crippen LogP contribution in [0.2, 0.25) is 5.02 Å². The van der Waals surface area contributed by atoms with Gasteiger partial charge in [0, 0.05) is 11.6 Å². The van der Waals surface area contributed by atoms with Crippen LogP contribution in [0.1, 0.15) is 0 Å². The molecule has 3 heterocycles. The molecule has 0 spiro atoms. The summed E-state index contributed by atoms with van der Waals surface area (Å²) >= 11 is 9.04. The largest absolute Gasteiger partial charge is 0.292 e. The van der Waals surface area contributed by atoms with Gasteiger partial charge in [0.25, 0.3) is 0 Å². The maximum Gasteiger partial charge on any atom is 0.239 e. The summed E-state index contributed by atoms with van der Waals surface area (Å²) in [5.41, 5.74) is 2.47. The van der Waals surface area contributed by atoms with Crippen LogP contribution in [0.15, 0.2) is 39.8 Å². The third kappa shape index (κ3) is 2.50. The molecule has 0 aliphatic carbocycles. The maximum absolute atomic E-state index is 6.11. The summed E-state index contributed by atoms with van der Waals surface area (Å²) in [4.78, 5) is 13.8. The van der Waals surface area contributed by atoms with Crippen molar-refractivity contribution in [3.63, 3.8) is 0 Å². The van der Waals surface area contributed by atoms with E-state index in [2.05, 4.69) is 20.4 Å². The van der Waals surface area contributed by atoms with Gasteiger partial charge in [0.1, 0.15) is 14.9 Å². The first-order chi connectivity index (χ1) is 9.28. The number of aromatic nitrogens is 3. The number of nitrogens with two attached hydrogens (primary N) is 1. The molecule has 8 heteroatoms. The lowest BCUT2D eigenvalue weighted by Gasteiger charge is -2.05. The Morgan fingerprint density at radius 3 is 2.95 bits per heavy atom. The Morgan fingerprint density at radius 1 is 1.26 bits per heavy atom. The van der Waals surface area contributed by atoms with Gasteiger partial charge in [-0.25, -0.2) is 20.8 Å². The number of fused-ring (bicyclic) bond motifs is 1. The van der Waals surface area contributed by atoms with Crippen LogP contribution in [0.25, 0.3) is 10.2 Å². The van der Waals surface area contributed by atoms with Crippen LogP contribution in [0.4, 0.5) is 5.95 Å². The van der Waals surface area contributed by atoms with Gasteiger partial charge in [-0.3, -0.25) is 5.43 Å². The van der Waals surface area contributed by atoms with Crippen LogP contribution in [0, 0.1) is 0 Å². The van der Waals surface area contributed by atoms with Gasteiger partial charge in [0.05, 0.1) is 5.02 Å². The van der Waals surface area contributed by atoms with E-state index in [9.17, 15) is 0 Å². The van der Waals surface area contributed by atoms with Crippen LogP contribution >= 0.6 is 34.7 Å². The van der Waals surface area contributed by atoms with Crippen molar-refractivity contribution in [2.45, 2.75) is 10.1 Å². The van der Waals surface area contributed by atoms with E-state index in [1.165, 1.54) is 23.1 Å². The molecule has 0 unspecified atom stereocenters. The highest BCUT2D eigenvalue weighted by Crippen LogP contribution is 2.35. The minimum absolute atomic E-state index is 0.379. The van der Waals surface area contributed by atoms with Crippen molar-refractivity contribution in [3.05, 3.63) is 34.8 Å². The molecular weight excluding hydrogens is 302 g/mol. The molecule has 0 aliphatic rings. The number of nitrogens with one attached hydrogen (secondary N) is 1. The van der Waals surface area contributed by atoms with Crippen molar-refractivity contribution in [2.24, 2.45) is 5.84 Å². The monoisotopic (exact) mass is 309 g/mol. The van der Waals surface area contributed by atoms with Crippen molar-refractivity contribution in [1.82, 2.24) is 15.0 Å². The number of hydrogen-bond donors (Lipinski definition) is 2. The predicted octanol–water partition coefficient (Wildman–Crippen LogP) is 3.18. The standard InChI is InChI=1S/C11H8ClN5S2/c12-7-2-1-4-14-10(7)19-9-6-3-5-18-8(6)15-11(16-9)17-13/h1-5H,13H2,(H,15,16,17). The lowest BCUT2D eigenvalue weighted by molar-refractivity contribution is 1.06. The molecular formula is C11H8ClN5S2. The first-order valence-electron chi connectivity index (χ1n) is 5.28. The van der Waals surface area contributed by atoms with E-state index < -0.39 is 0 Å². The molecule has 0 aliphatic heterocycles. The molecule has 19 heavy (non-hydrogen) atoms. The summed E-state index contributed by atoms with van der Waals surface area (Å²) in [6, 6.07) is 5.56. The van der Waals surface area contributed by atoms with Crippen LogP contribution in [-0.4, -0.2) is 15.0 Å². The lowest BCUT2D eigenvalue weighted by atomic mass is 10.4. The van der Waals surface area contributed by atoms with Gasteiger partial charge in [-0.2, -0.15) is 0 Å². The van der Waals surface area contributed by atoms with E-state index in [0.29, 0.717) is 16.0 Å². The van der Waals surface area contributed by atoms with Gasteiger partial charge in [0.15, 0.2) is 0 Å². The summed E-state index contributed by atoms with van der Waals surface area (Å²) < 4.78 is 0. The number of thiophene rings is 1. The smallest absolute Gasteiger partial charge is 0.239 e. The Hall–Kier alpha value is -1.41. The van der Waals surface area contributed by atoms with E-state index in [0.717, 1.165) is 15.2 Å². The van der Waals surface area contributed by atoms with Gasteiger partial charge >= 0.3 is 0 Å². The summed E-state index contributed by atoms with van der Waals surface area (Å²) in [5.74, 6) is 5.76. The molecule has 5 nitrogen and oxygen atoms in total. The second-order valence-electron chi connectivity index (χ2n) is 3.53. The molecule has 3 aromatic heterocycles. The van der Waals surface area contributed by atoms with Gasteiger partial charge in [-0.05, 0) is 35.3 Å². The highest BCUT2D eigenvalue weighted by Gasteiger charge is 2.12. The van der Waals surface area contributed by atoms with Crippen LogP contribution in [0.3, 0.4) is 0 Å². The third-order valence-electron chi connectivity index (χ3n) is 2.34. The number of rotatable bonds is 3. The molecule has 3 rings (SSSR count). The number of halogens is 1. The summed E-state index contributed by atoms with van der Waals surface area (Å²) in [7, 11) is 0. The van der Waals surface area contributed by atoms with Crippen LogP contribution in [-0.2, 0) is 0 Å². The highest BCUT2D eigenvalue weighted by atomic mass is 35.5. The Morgan fingerprint density at radius 2 is 2.16 bits per heavy atom. The number of hydrogen-bond acceptors (Lipinski definition) is 7. The van der Waals surface area contributed by atoms with Crippen molar-refractivity contribution in [1.29, 1.82) is 0 Å². The summed E-state index contributed by atoms with van der Waals surface area (Å²) in [6.07, 6.45) is 1.70.